The second kappa shape index (κ2) is 9.10. The van der Waals surface area contributed by atoms with Gasteiger partial charge in [0.25, 0.3) is 0 Å². The summed E-state index contributed by atoms with van der Waals surface area (Å²) >= 11 is 0. The number of hydrogen-bond donors (Lipinski definition) is 0. The molecule has 134 valence electrons. The van der Waals surface area contributed by atoms with Crippen molar-refractivity contribution in [3.8, 4) is 11.3 Å². The maximum absolute atomic E-state index is 5.49. The second-order valence-electron chi connectivity index (χ2n) is 5.51. The molecule has 6 nitrogen and oxygen atoms in total. The van der Waals surface area contributed by atoms with E-state index in [1.807, 2.05) is 12.1 Å². The highest BCUT2D eigenvalue weighted by atomic mass is 16.5. The number of nitrogens with zero attached hydrogens (tertiary/aromatic N) is 2. The first-order valence-electron chi connectivity index (χ1n) is 7.70. The van der Waals surface area contributed by atoms with Crippen LogP contribution in [0, 0.1) is 0 Å². The Morgan fingerprint density at radius 2 is 1.44 bits per heavy atom. The number of benzene rings is 2. The average molecular weight is 344 g/mol. The van der Waals surface area contributed by atoms with E-state index in [2.05, 4.69) is 53.4 Å². The van der Waals surface area contributed by atoms with Crippen LogP contribution in [0.5, 0.6) is 0 Å². The Morgan fingerprint density at radius 1 is 0.800 bits per heavy atom. The molecule has 2 heterocycles. The van der Waals surface area contributed by atoms with Crippen molar-refractivity contribution in [1.82, 2.24) is 4.98 Å². The standard InChI is InChI=1S/C19H18N2O.3H2O/c1-2-6-15(7-3-1)18-14-19(21-10-12-22-13-11-21)16-8-4-5-9-17(16)20-18;;;/h1-9,14H,10-13H2;3*1H2. The number of aromatic nitrogens is 1. The van der Waals surface area contributed by atoms with E-state index in [0.29, 0.717) is 0 Å². The van der Waals surface area contributed by atoms with Gasteiger partial charge in [-0.3, -0.25) is 0 Å². The summed E-state index contributed by atoms with van der Waals surface area (Å²) in [4.78, 5) is 7.25. The predicted octanol–water partition coefficient (Wildman–Crippen LogP) is 1.26. The molecule has 1 saturated heterocycles. The third-order valence-corrected chi connectivity index (χ3v) is 4.12. The smallest absolute Gasteiger partial charge is 0.0730 e. The summed E-state index contributed by atoms with van der Waals surface area (Å²) < 4.78 is 5.49. The maximum Gasteiger partial charge on any atom is 0.0730 e. The highest BCUT2D eigenvalue weighted by Gasteiger charge is 2.16. The van der Waals surface area contributed by atoms with Crippen molar-refractivity contribution >= 4 is 16.6 Å². The van der Waals surface area contributed by atoms with Crippen molar-refractivity contribution in [3.05, 3.63) is 60.7 Å². The largest absolute Gasteiger partial charge is 0.412 e. The zero-order chi connectivity index (χ0) is 14.8. The van der Waals surface area contributed by atoms with Gasteiger partial charge in [0.15, 0.2) is 0 Å². The molecule has 6 heteroatoms. The van der Waals surface area contributed by atoms with Gasteiger partial charge in [0, 0.05) is 29.7 Å². The molecule has 6 N–H and O–H groups in total. The normalized spacial score (nSPS) is 13.4. The molecule has 0 bridgehead atoms. The van der Waals surface area contributed by atoms with Gasteiger partial charge in [-0.25, -0.2) is 4.98 Å². The minimum atomic E-state index is 0. The van der Waals surface area contributed by atoms with E-state index in [1.165, 1.54) is 11.1 Å². The maximum atomic E-state index is 5.49. The van der Waals surface area contributed by atoms with Gasteiger partial charge >= 0.3 is 0 Å². The summed E-state index contributed by atoms with van der Waals surface area (Å²) in [6, 6.07) is 21.0. The molecule has 0 spiro atoms. The summed E-state index contributed by atoms with van der Waals surface area (Å²) in [5, 5.41) is 1.21. The Labute approximate surface area is 146 Å². The quantitative estimate of drug-likeness (QED) is 0.696. The van der Waals surface area contributed by atoms with Gasteiger partial charge in [-0.2, -0.15) is 0 Å². The zero-order valence-corrected chi connectivity index (χ0v) is 13.9. The molecule has 0 aliphatic carbocycles. The van der Waals surface area contributed by atoms with Crippen molar-refractivity contribution in [1.29, 1.82) is 0 Å². The molecule has 2 aromatic carbocycles. The van der Waals surface area contributed by atoms with Gasteiger partial charge in [0.2, 0.25) is 0 Å². The Balaban J connectivity index is 0.00000104. The van der Waals surface area contributed by atoms with Gasteiger partial charge in [-0.1, -0.05) is 48.5 Å². The molecule has 1 aromatic heterocycles. The highest BCUT2D eigenvalue weighted by Crippen LogP contribution is 2.31. The predicted molar refractivity (Wildman–Crippen MR) is 101 cm³/mol. The molecule has 1 aliphatic heterocycles. The third-order valence-electron chi connectivity index (χ3n) is 4.12. The van der Waals surface area contributed by atoms with Crippen LogP contribution in [-0.2, 0) is 4.74 Å². The Morgan fingerprint density at radius 3 is 2.16 bits per heavy atom. The van der Waals surface area contributed by atoms with Crippen molar-refractivity contribution in [3.63, 3.8) is 0 Å². The van der Waals surface area contributed by atoms with Crippen LogP contribution in [0.1, 0.15) is 0 Å². The van der Waals surface area contributed by atoms with Crippen LogP contribution in [0.25, 0.3) is 22.2 Å². The van der Waals surface area contributed by atoms with E-state index < -0.39 is 0 Å². The molecule has 25 heavy (non-hydrogen) atoms. The van der Waals surface area contributed by atoms with Gasteiger partial charge in [0.05, 0.1) is 24.4 Å². The molecular formula is C19H24N2O4. The molecule has 0 saturated carbocycles. The number of hydrogen-bond acceptors (Lipinski definition) is 3. The summed E-state index contributed by atoms with van der Waals surface area (Å²) in [5.41, 5.74) is 4.49. The topological polar surface area (TPSA) is 120 Å². The molecule has 0 radical (unpaired) electrons. The van der Waals surface area contributed by atoms with Gasteiger partial charge < -0.3 is 26.1 Å². The molecule has 0 amide bonds. The Hall–Kier alpha value is -2.51. The Bertz CT molecular complexity index is 790. The van der Waals surface area contributed by atoms with E-state index in [-0.39, 0.29) is 16.4 Å². The van der Waals surface area contributed by atoms with Crippen molar-refractivity contribution in [2.24, 2.45) is 0 Å². The minimum Gasteiger partial charge on any atom is -0.412 e. The van der Waals surface area contributed by atoms with Crippen LogP contribution in [0.4, 0.5) is 5.69 Å². The first-order valence-corrected chi connectivity index (χ1v) is 7.70. The summed E-state index contributed by atoms with van der Waals surface area (Å²) in [6.45, 7) is 3.44. The van der Waals surface area contributed by atoms with Crippen molar-refractivity contribution in [2.45, 2.75) is 0 Å². The Kier molecular flexibility index (Phi) is 7.47. The fraction of sp³-hybridized carbons (Fsp3) is 0.211. The zero-order valence-electron chi connectivity index (χ0n) is 13.9. The van der Waals surface area contributed by atoms with Crippen LogP contribution in [0.15, 0.2) is 60.7 Å². The summed E-state index contributed by atoms with van der Waals surface area (Å²) in [7, 11) is 0. The number of morpholine rings is 1. The van der Waals surface area contributed by atoms with Crippen LogP contribution < -0.4 is 4.90 Å². The van der Waals surface area contributed by atoms with E-state index in [4.69, 9.17) is 9.72 Å². The lowest BCUT2D eigenvalue weighted by molar-refractivity contribution is 0.123. The number of ether oxygens (including phenoxy) is 1. The molecule has 4 rings (SSSR count). The van der Waals surface area contributed by atoms with Crippen molar-refractivity contribution < 1.29 is 21.2 Å². The average Bonchev–Trinajstić information content (AvgIpc) is 2.62. The first kappa shape index (κ1) is 20.5. The molecule has 1 fully saturated rings. The SMILES string of the molecule is O.O.O.c1ccc(-c2cc(N3CCOCC3)c3ccccc3n2)cc1. The number of anilines is 1. The monoisotopic (exact) mass is 344 g/mol. The minimum absolute atomic E-state index is 0. The lowest BCUT2D eigenvalue weighted by Gasteiger charge is -2.30. The molecule has 0 atom stereocenters. The van der Waals surface area contributed by atoms with Gasteiger partial charge in [-0.15, -0.1) is 0 Å². The summed E-state index contributed by atoms with van der Waals surface area (Å²) in [6.07, 6.45) is 0. The van der Waals surface area contributed by atoms with Crippen LogP contribution >= 0.6 is 0 Å². The van der Waals surface area contributed by atoms with Crippen LogP contribution in [-0.4, -0.2) is 47.7 Å². The first-order chi connectivity index (χ1) is 10.9. The fourth-order valence-corrected chi connectivity index (χ4v) is 2.98. The third kappa shape index (κ3) is 4.12. The number of fused-ring (bicyclic) bond motifs is 1. The lowest BCUT2D eigenvalue weighted by atomic mass is 10.1. The van der Waals surface area contributed by atoms with Gasteiger partial charge in [0.1, 0.15) is 0 Å². The molecule has 3 aromatic rings. The van der Waals surface area contributed by atoms with E-state index in [0.717, 1.165) is 43.1 Å². The van der Waals surface area contributed by atoms with E-state index in [1.54, 1.807) is 0 Å². The second-order valence-corrected chi connectivity index (χ2v) is 5.51. The van der Waals surface area contributed by atoms with Crippen LogP contribution in [0.2, 0.25) is 0 Å². The molecule has 0 unspecified atom stereocenters. The number of rotatable bonds is 2. The van der Waals surface area contributed by atoms with Gasteiger partial charge in [-0.05, 0) is 12.1 Å². The van der Waals surface area contributed by atoms with E-state index >= 15 is 0 Å². The molecular weight excluding hydrogens is 320 g/mol. The van der Waals surface area contributed by atoms with E-state index in [9.17, 15) is 0 Å². The number of pyridine rings is 1. The lowest BCUT2D eigenvalue weighted by Crippen LogP contribution is -2.36. The number of para-hydroxylation sites is 1. The molecule has 1 aliphatic rings. The van der Waals surface area contributed by atoms with Crippen molar-refractivity contribution in [2.75, 3.05) is 31.2 Å². The fourth-order valence-electron chi connectivity index (χ4n) is 2.98. The highest BCUT2D eigenvalue weighted by molar-refractivity contribution is 5.94. The summed E-state index contributed by atoms with van der Waals surface area (Å²) in [5.74, 6) is 0. The van der Waals surface area contributed by atoms with Crippen LogP contribution in [0.3, 0.4) is 0 Å².